The van der Waals surface area contributed by atoms with Crippen LogP contribution in [0.2, 0.25) is 0 Å². The van der Waals surface area contributed by atoms with Crippen molar-refractivity contribution in [3.05, 3.63) is 41.5 Å². The third kappa shape index (κ3) is 9.13. The molecule has 51 heavy (non-hydrogen) atoms. The molecule has 5 aliphatic rings. The van der Waals surface area contributed by atoms with Crippen LogP contribution in [0, 0.1) is 52.3 Å². The lowest BCUT2D eigenvalue weighted by Crippen LogP contribution is -2.51. The molecule has 0 saturated heterocycles. The maximum atomic E-state index is 13.0. The lowest BCUT2D eigenvalue weighted by atomic mass is 9.47. The van der Waals surface area contributed by atoms with Crippen LogP contribution in [-0.4, -0.2) is 18.7 Å². The molecule has 4 unspecified atom stereocenters. The van der Waals surface area contributed by atoms with Gasteiger partial charge >= 0.3 is 5.97 Å². The second-order valence-electron chi connectivity index (χ2n) is 19.4. The van der Waals surface area contributed by atoms with Crippen molar-refractivity contribution in [3.63, 3.8) is 0 Å². The van der Waals surface area contributed by atoms with Gasteiger partial charge in [0.1, 0.15) is 11.9 Å². The van der Waals surface area contributed by atoms with Crippen molar-refractivity contribution in [2.24, 2.45) is 52.3 Å². The molecule has 6 rings (SSSR count). The van der Waals surface area contributed by atoms with Crippen molar-refractivity contribution in [2.45, 2.75) is 188 Å². The summed E-state index contributed by atoms with van der Waals surface area (Å²) in [6, 6.07) is 8.82. The Morgan fingerprint density at radius 1 is 0.843 bits per heavy atom. The normalized spacial score (nSPS) is 35.4. The van der Waals surface area contributed by atoms with E-state index in [-0.39, 0.29) is 12.1 Å². The van der Waals surface area contributed by atoms with E-state index in [9.17, 15) is 4.79 Å². The number of esters is 1. The minimum Gasteiger partial charge on any atom is -0.494 e. The number of carbonyl (C=O) groups is 1. The van der Waals surface area contributed by atoms with Crippen LogP contribution in [0.4, 0.5) is 0 Å². The molecule has 4 saturated carbocycles. The number of hydrogen-bond donors (Lipinski definition) is 0. The van der Waals surface area contributed by atoms with Gasteiger partial charge in [0, 0.05) is 12.8 Å². The molecule has 0 N–H and O–H groups in total. The summed E-state index contributed by atoms with van der Waals surface area (Å²) >= 11 is 0. The van der Waals surface area contributed by atoms with E-state index in [1.165, 1.54) is 115 Å². The van der Waals surface area contributed by atoms with Crippen LogP contribution in [0.1, 0.15) is 188 Å². The van der Waals surface area contributed by atoms with Crippen molar-refractivity contribution in [1.29, 1.82) is 0 Å². The zero-order valence-corrected chi connectivity index (χ0v) is 33.9. The third-order valence-electron chi connectivity index (χ3n) is 15.8. The first-order valence-electron chi connectivity index (χ1n) is 22.2. The molecule has 0 radical (unpaired) electrons. The Balaban J connectivity index is 0.913. The largest absolute Gasteiger partial charge is 0.494 e. The van der Waals surface area contributed by atoms with E-state index in [0.29, 0.717) is 36.2 Å². The van der Waals surface area contributed by atoms with Crippen molar-refractivity contribution >= 4 is 5.97 Å². The summed E-state index contributed by atoms with van der Waals surface area (Å²) in [6.45, 7) is 15.5. The van der Waals surface area contributed by atoms with Crippen LogP contribution in [0.25, 0.3) is 0 Å². The van der Waals surface area contributed by atoms with Gasteiger partial charge in [0.2, 0.25) is 0 Å². The van der Waals surface area contributed by atoms with Gasteiger partial charge in [-0.1, -0.05) is 110 Å². The van der Waals surface area contributed by atoms with Gasteiger partial charge in [-0.3, -0.25) is 4.79 Å². The number of rotatable bonds is 16. The molecule has 0 amide bonds. The third-order valence-corrected chi connectivity index (χ3v) is 15.8. The lowest BCUT2D eigenvalue weighted by Gasteiger charge is -2.58. The monoisotopic (exact) mass is 701 g/mol. The Morgan fingerprint density at radius 3 is 2.37 bits per heavy atom. The number of hydrogen-bond acceptors (Lipinski definition) is 3. The molecular weight excluding hydrogens is 625 g/mol. The van der Waals surface area contributed by atoms with Crippen LogP contribution in [0.5, 0.6) is 5.75 Å². The molecule has 1 aromatic carbocycles. The minimum absolute atomic E-state index is 0.0460. The highest BCUT2D eigenvalue weighted by molar-refractivity contribution is 5.69. The van der Waals surface area contributed by atoms with E-state index in [4.69, 9.17) is 9.47 Å². The Morgan fingerprint density at radius 2 is 1.63 bits per heavy atom. The quantitative estimate of drug-likeness (QED) is 0.0978. The van der Waals surface area contributed by atoms with Gasteiger partial charge in [-0.25, -0.2) is 0 Å². The summed E-state index contributed by atoms with van der Waals surface area (Å²) in [4.78, 5) is 13.0. The highest BCUT2D eigenvalue weighted by Gasteiger charge is 2.59. The molecule has 0 aliphatic heterocycles. The van der Waals surface area contributed by atoms with Crippen molar-refractivity contribution in [1.82, 2.24) is 0 Å². The number of carbonyl (C=O) groups excluding carboxylic acids is 1. The minimum atomic E-state index is -0.0462. The van der Waals surface area contributed by atoms with Crippen LogP contribution in [0.15, 0.2) is 35.9 Å². The second-order valence-corrected chi connectivity index (χ2v) is 19.4. The number of benzene rings is 1. The number of ether oxygens (including phenoxy) is 2. The van der Waals surface area contributed by atoms with E-state index < -0.39 is 0 Å². The number of allylic oxidation sites excluding steroid dienone is 1. The summed E-state index contributed by atoms with van der Waals surface area (Å²) in [7, 11) is 0. The van der Waals surface area contributed by atoms with Crippen LogP contribution < -0.4 is 4.74 Å². The Kier molecular flexibility index (Phi) is 13.4. The Bertz CT molecular complexity index is 1270. The van der Waals surface area contributed by atoms with Gasteiger partial charge in [-0.2, -0.15) is 0 Å². The first-order valence-corrected chi connectivity index (χ1v) is 22.2. The summed E-state index contributed by atoms with van der Waals surface area (Å²) in [6.07, 6.45) is 29.1. The van der Waals surface area contributed by atoms with Gasteiger partial charge in [0.25, 0.3) is 0 Å². The van der Waals surface area contributed by atoms with Gasteiger partial charge < -0.3 is 9.47 Å². The fraction of sp³-hybridized carbons (Fsp3) is 0.812. The molecule has 3 heteroatoms. The SMILES string of the molecule is CCCCCC1CCC(c2ccc(OCCCC(=O)O[C@H]3CC[C@@]4(C)C(=CCC5C4CC[C@@]4(C)C5CC[C@@H]4C(C)CCCC(C)C)C3)cc2)CC1. The highest BCUT2D eigenvalue weighted by atomic mass is 16.5. The zero-order valence-electron chi connectivity index (χ0n) is 33.9. The fourth-order valence-electron chi connectivity index (χ4n) is 12.7. The average Bonchev–Trinajstić information content (AvgIpc) is 3.48. The predicted octanol–water partition coefficient (Wildman–Crippen LogP) is 13.7. The molecule has 1 aromatic rings. The summed E-state index contributed by atoms with van der Waals surface area (Å²) in [5.41, 5.74) is 3.91. The summed E-state index contributed by atoms with van der Waals surface area (Å²) in [5, 5.41) is 0. The standard InChI is InChI=1S/C48H76O3/c1-7-8-9-14-36-16-18-37(19-17-36)38-20-23-40(24-21-38)50-32-11-15-46(49)51-41-28-30-47(5)39(33-41)22-25-42-44-27-26-43(35(4)13-10-12-34(2)3)48(44,6)31-29-45(42)47/h20-24,34-37,41-45H,7-19,25-33H2,1-6H3/t35?,36?,37?,41-,42?,43+,44?,45?,47-,48+/m0/s1. The Hall–Kier alpha value is -1.77. The van der Waals surface area contributed by atoms with Crippen molar-refractivity contribution < 1.29 is 14.3 Å². The summed E-state index contributed by atoms with van der Waals surface area (Å²) < 4.78 is 12.2. The van der Waals surface area contributed by atoms with Crippen LogP contribution in [0.3, 0.4) is 0 Å². The van der Waals surface area contributed by atoms with Crippen LogP contribution in [-0.2, 0) is 9.53 Å². The molecule has 286 valence electrons. The average molecular weight is 701 g/mol. The molecule has 4 fully saturated rings. The molecular formula is C48H76O3. The topological polar surface area (TPSA) is 35.5 Å². The van der Waals surface area contributed by atoms with E-state index in [0.717, 1.165) is 60.0 Å². The second kappa shape index (κ2) is 17.6. The van der Waals surface area contributed by atoms with E-state index in [1.807, 2.05) is 0 Å². The molecule has 5 aliphatic carbocycles. The number of fused-ring (bicyclic) bond motifs is 5. The maximum absolute atomic E-state index is 13.0. The maximum Gasteiger partial charge on any atom is 0.306 e. The molecule has 0 spiro atoms. The predicted molar refractivity (Wildman–Crippen MR) is 213 cm³/mol. The smallest absolute Gasteiger partial charge is 0.306 e. The first-order chi connectivity index (χ1) is 24.6. The number of unbranched alkanes of at least 4 members (excludes halogenated alkanes) is 2. The van der Waals surface area contributed by atoms with Gasteiger partial charge in [0.15, 0.2) is 0 Å². The fourth-order valence-corrected chi connectivity index (χ4v) is 12.7. The molecule has 3 nitrogen and oxygen atoms in total. The first kappa shape index (κ1) is 38.9. The molecule has 0 bridgehead atoms. The lowest BCUT2D eigenvalue weighted by molar-refractivity contribution is -0.151. The highest BCUT2D eigenvalue weighted by Crippen LogP contribution is 2.67. The van der Waals surface area contributed by atoms with Crippen molar-refractivity contribution in [2.75, 3.05) is 6.61 Å². The van der Waals surface area contributed by atoms with E-state index in [1.54, 1.807) is 5.57 Å². The van der Waals surface area contributed by atoms with Gasteiger partial charge in [-0.05, 0) is 153 Å². The molecule has 0 aromatic heterocycles. The molecule has 0 heterocycles. The zero-order chi connectivity index (χ0) is 36.0. The van der Waals surface area contributed by atoms with Crippen LogP contribution >= 0.6 is 0 Å². The van der Waals surface area contributed by atoms with Crippen molar-refractivity contribution in [3.8, 4) is 5.75 Å². The van der Waals surface area contributed by atoms with E-state index >= 15 is 0 Å². The molecule has 8 atom stereocenters. The van der Waals surface area contributed by atoms with Gasteiger partial charge in [0.05, 0.1) is 6.61 Å². The Labute approximate surface area is 313 Å². The van der Waals surface area contributed by atoms with Gasteiger partial charge in [-0.15, -0.1) is 0 Å². The van der Waals surface area contributed by atoms with E-state index in [2.05, 4.69) is 71.9 Å². The summed E-state index contributed by atoms with van der Waals surface area (Å²) in [5.74, 6) is 7.68.